The number of nitrogens with one attached hydrogen (secondary N) is 2. The Hall–Kier alpha value is -1.70. The number of H-pyrrole nitrogens is 1. The zero-order valence-corrected chi connectivity index (χ0v) is 14.7. The molecule has 4 N–H and O–H groups in total. The fourth-order valence-corrected chi connectivity index (χ4v) is 2.95. The van der Waals surface area contributed by atoms with E-state index < -0.39 is 24.8 Å². The Morgan fingerprint density at radius 1 is 1.43 bits per heavy atom. The van der Waals surface area contributed by atoms with Gasteiger partial charge in [0.15, 0.2) is 5.82 Å². The van der Waals surface area contributed by atoms with Gasteiger partial charge in [-0.3, -0.25) is 20.1 Å². The lowest BCUT2D eigenvalue weighted by atomic mass is 10.3. The van der Waals surface area contributed by atoms with Gasteiger partial charge in [0.2, 0.25) is 0 Å². The molecule has 23 heavy (non-hydrogen) atoms. The van der Waals surface area contributed by atoms with Crippen LogP contribution >= 0.6 is 7.14 Å². The van der Waals surface area contributed by atoms with Crippen LogP contribution in [-0.4, -0.2) is 57.8 Å². The highest BCUT2D eigenvalue weighted by Crippen LogP contribution is 2.42. The van der Waals surface area contributed by atoms with Crippen molar-refractivity contribution in [2.75, 3.05) is 24.9 Å². The Labute approximate surface area is 135 Å². The van der Waals surface area contributed by atoms with Crippen molar-refractivity contribution in [1.29, 1.82) is 0 Å². The van der Waals surface area contributed by atoms with E-state index in [0.717, 1.165) is 0 Å². The maximum absolute atomic E-state index is 12.1. The van der Waals surface area contributed by atoms with Crippen molar-refractivity contribution in [3.63, 3.8) is 0 Å². The van der Waals surface area contributed by atoms with E-state index in [9.17, 15) is 19.4 Å². The third-order valence-corrected chi connectivity index (χ3v) is 4.76. The second-order valence-corrected chi connectivity index (χ2v) is 8.40. The van der Waals surface area contributed by atoms with Gasteiger partial charge >= 0.3 is 5.97 Å². The van der Waals surface area contributed by atoms with Gasteiger partial charge in [-0.25, -0.2) is 4.98 Å². The molecule has 0 saturated heterocycles. The van der Waals surface area contributed by atoms with E-state index in [4.69, 9.17) is 5.11 Å². The SMILES string of the molecule is CC.CP(C)(=O)C(CCC(=O)O)NCC(=O)N(O)c1cnc[nH]1. The molecule has 1 atom stereocenters. The number of aromatic amines is 1. The number of carboxylic acid groups (broad SMARTS) is 1. The van der Waals surface area contributed by atoms with Gasteiger partial charge in [0.25, 0.3) is 5.91 Å². The van der Waals surface area contributed by atoms with Gasteiger partial charge in [-0.15, -0.1) is 0 Å². The van der Waals surface area contributed by atoms with Gasteiger partial charge in [0, 0.05) is 6.42 Å². The minimum atomic E-state index is -2.63. The van der Waals surface area contributed by atoms with E-state index in [1.807, 2.05) is 13.8 Å². The Morgan fingerprint density at radius 2 is 2.04 bits per heavy atom. The van der Waals surface area contributed by atoms with Crippen molar-refractivity contribution in [3.8, 4) is 0 Å². The Morgan fingerprint density at radius 3 is 2.48 bits per heavy atom. The molecule has 1 unspecified atom stereocenters. The second-order valence-electron chi connectivity index (χ2n) is 4.91. The van der Waals surface area contributed by atoms with Crippen molar-refractivity contribution in [3.05, 3.63) is 12.5 Å². The van der Waals surface area contributed by atoms with Gasteiger partial charge in [-0.2, -0.15) is 5.06 Å². The molecular weight excluding hydrogens is 323 g/mol. The van der Waals surface area contributed by atoms with Crippen LogP contribution < -0.4 is 10.4 Å². The van der Waals surface area contributed by atoms with Crippen LogP contribution in [0.3, 0.4) is 0 Å². The summed E-state index contributed by atoms with van der Waals surface area (Å²) < 4.78 is 12.1. The van der Waals surface area contributed by atoms with Crippen LogP contribution in [0.25, 0.3) is 0 Å². The monoisotopic (exact) mass is 348 g/mol. The first-order valence-corrected chi connectivity index (χ1v) is 9.89. The average Bonchev–Trinajstić information content (AvgIpc) is 3.00. The molecular formula is C13H25N4O5P. The third kappa shape index (κ3) is 7.92. The van der Waals surface area contributed by atoms with Gasteiger partial charge in [0.05, 0.1) is 32.0 Å². The van der Waals surface area contributed by atoms with E-state index in [1.165, 1.54) is 25.9 Å². The number of nitrogens with zero attached hydrogens (tertiary/aromatic N) is 2. The number of imidazole rings is 1. The number of amides is 1. The van der Waals surface area contributed by atoms with Crippen molar-refractivity contribution < 1.29 is 24.5 Å². The Kier molecular flexibility index (Phi) is 9.40. The topological polar surface area (TPSA) is 136 Å². The molecule has 0 saturated carbocycles. The highest BCUT2D eigenvalue weighted by Gasteiger charge is 2.25. The summed E-state index contributed by atoms with van der Waals surface area (Å²) in [5.41, 5.74) is 0. The van der Waals surface area contributed by atoms with E-state index >= 15 is 0 Å². The number of anilines is 1. The maximum atomic E-state index is 12.1. The molecule has 0 spiro atoms. The Balaban J connectivity index is 0.00000232. The predicted molar refractivity (Wildman–Crippen MR) is 87.3 cm³/mol. The van der Waals surface area contributed by atoms with Crippen LogP contribution in [0.2, 0.25) is 0 Å². The molecule has 0 bridgehead atoms. The van der Waals surface area contributed by atoms with E-state index in [0.29, 0.717) is 5.06 Å². The largest absolute Gasteiger partial charge is 0.481 e. The zero-order chi connectivity index (χ0) is 18.0. The molecule has 1 aromatic rings. The van der Waals surface area contributed by atoms with Gasteiger partial charge in [0.1, 0.15) is 0 Å². The van der Waals surface area contributed by atoms with Crippen molar-refractivity contribution in [2.24, 2.45) is 0 Å². The van der Waals surface area contributed by atoms with E-state index in [-0.39, 0.29) is 25.2 Å². The zero-order valence-electron chi connectivity index (χ0n) is 13.8. The van der Waals surface area contributed by atoms with Crippen molar-refractivity contribution >= 4 is 24.8 Å². The summed E-state index contributed by atoms with van der Waals surface area (Å²) >= 11 is 0. The minimum absolute atomic E-state index is 0.111. The number of carbonyl (C=O) groups excluding carboxylic acids is 1. The molecule has 10 heteroatoms. The summed E-state index contributed by atoms with van der Waals surface area (Å²) in [7, 11) is -2.63. The van der Waals surface area contributed by atoms with Crippen LogP contribution in [0.5, 0.6) is 0 Å². The van der Waals surface area contributed by atoms with Gasteiger partial charge in [-0.05, 0) is 19.8 Å². The molecule has 0 radical (unpaired) electrons. The molecule has 0 aliphatic heterocycles. The number of aromatic nitrogens is 2. The molecule has 1 rings (SSSR count). The summed E-state index contributed by atoms with van der Waals surface area (Å²) in [4.78, 5) is 28.6. The molecule has 1 heterocycles. The van der Waals surface area contributed by atoms with Crippen molar-refractivity contribution in [2.45, 2.75) is 32.5 Å². The molecule has 0 aromatic carbocycles. The van der Waals surface area contributed by atoms with E-state index in [1.54, 1.807) is 0 Å². The molecule has 0 aliphatic rings. The maximum Gasteiger partial charge on any atom is 0.303 e. The van der Waals surface area contributed by atoms with Crippen molar-refractivity contribution in [1.82, 2.24) is 15.3 Å². The molecule has 132 valence electrons. The standard InChI is InChI=1S/C11H19N4O5P.C2H6/c1-21(2,20)9(3-4-11(17)18)13-6-10(16)15(19)8-5-12-7-14-8;1-2/h5,7,9,13,19H,3-4,6H2,1-2H3,(H,12,14)(H,17,18);1-2H3. The highest BCUT2D eigenvalue weighted by atomic mass is 31.2. The smallest absolute Gasteiger partial charge is 0.303 e. The quantitative estimate of drug-likeness (QED) is 0.318. The number of hydroxylamine groups is 1. The van der Waals surface area contributed by atoms with Crippen LogP contribution in [0.15, 0.2) is 12.5 Å². The first kappa shape index (κ1) is 21.3. The number of hydrogen-bond donors (Lipinski definition) is 4. The molecule has 1 aromatic heterocycles. The Bertz CT molecular complexity index is 528. The molecule has 0 aliphatic carbocycles. The van der Waals surface area contributed by atoms with Crippen LogP contribution in [0.1, 0.15) is 26.7 Å². The lowest BCUT2D eigenvalue weighted by Crippen LogP contribution is -2.40. The predicted octanol–water partition coefficient (Wildman–Crippen LogP) is 1.56. The summed E-state index contributed by atoms with van der Waals surface area (Å²) in [6, 6.07) is 0. The lowest BCUT2D eigenvalue weighted by Gasteiger charge is -2.23. The summed E-state index contributed by atoms with van der Waals surface area (Å²) in [5, 5.41) is 21.4. The second kappa shape index (κ2) is 10.1. The first-order valence-electron chi connectivity index (χ1n) is 7.22. The first-order chi connectivity index (χ1) is 10.7. The van der Waals surface area contributed by atoms with Gasteiger partial charge < -0.3 is 14.7 Å². The fraction of sp³-hybridized carbons (Fsp3) is 0.615. The fourth-order valence-electron chi connectivity index (χ4n) is 1.67. The summed E-state index contributed by atoms with van der Waals surface area (Å²) in [6.07, 6.45) is 2.56. The summed E-state index contributed by atoms with van der Waals surface area (Å²) in [6.45, 7) is 6.76. The number of carbonyl (C=O) groups is 2. The molecule has 9 nitrogen and oxygen atoms in total. The van der Waals surface area contributed by atoms with Crippen LogP contribution in [0.4, 0.5) is 5.82 Å². The number of aliphatic carboxylic acids is 1. The highest BCUT2D eigenvalue weighted by molar-refractivity contribution is 7.63. The number of rotatable bonds is 8. The minimum Gasteiger partial charge on any atom is -0.481 e. The lowest BCUT2D eigenvalue weighted by molar-refractivity contribution is -0.137. The van der Waals surface area contributed by atoms with Gasteiger partial charge in [-0.1, -0.05) is 13.8 Å². The summed E-state index contributed by atoms with van der Waals surface area (Å²) in [5.74, 6) is -2.16. The third-order valence-electron chi connectivity index (χ3n) is 2.82. The molecule has 0 fully saturated rings. The normalized spacial score (nSPS) is 12.0. The molecule has 1 amide bonds. The van der Waals surface area contributed by atoms with Crippen LogP contribution in [0, 0.1) is 0 Å². The van der Waals surface area contributed by atoms with Crippen LogP contribution in [-0.2, 0) is 14.2 Å². The average molecular weight is 348 g/mol. The van der Waals surface area contributed by atoms with E-state index in [2.05, 4.69) is 15.3 Å². The number of hydrogen-bond acceptors (Lipinski definition) is 6. The number of carboxylic acids is 1.